The van der Waals surface area contributed by atoms with Gasteiger partial charge in [-0.1, -0.05) is 31.2 Å². The lowest BCUT2D eigenvalue weighted by molar-refractivity contribution is -0.141. The smallest absolute Gasteiger partial charge is 0.308 e. The number of nitrogens with two attached hydrogens (primary N) is 1. The van der Waals surface area contributed by atoms with Gasteiger partial charge in [0.1, 0.15) is 0 Å². The molecule has 1 aromatic rings. The topological polar surface area (TPSA) is 63.3 Å². The van der Waals surface area contributed by atoms with Crippen molar-refractivity contribution >= 4 is 18.4 Å². The number of carboxylic acids is 1. The third-order valence-corrected chi connectivity index (χ3v) is 2.55. The minimum atomic E-state index is -0.822. The second-order valence-corrected chi connectivity index (χ2v) is 3.65. The molecule has 0 aromatic heterocycles. The van der Waals surface area contributed by atoms with Gasteiger partial charge in [-0.25, -0.2) is 0 Å². The van der Waals surface area contributed by atoms with Crippen molar-refractivity contribution in [1.29, 1.82) is 0 Å². The first kappa shape index (κ1) is 14.9. The summed E-state index contributed by atoms with van der Waals surface area (Å²) < 4.78 is 0. The van der Waals surface area contributed by atoms with Crippen LogP contribution in [0.15, 0.2) is 24.3 Å². The highest BCUT2D eigenvalue weighted by Crippen LogP contribution is 2.10. The Labute approximate surface area is 102 Å². The van der Waals surface area contributed by atoms with Gasteiger partial charge in [-0.3, -0.25) is 4.79 Å². The van der Waals surface area contributed by atoms with Crippen LogP contribution in [-0.2, 0) is 17.6 Å². The number of rotatable bonds is 5. The molecule has 0 bridgehead atoms. The van der Waals surface area contributed by atoms with Gasteiger partial charge in [0.2, 0.25) is 0 Å². The molecule has 0 saturated heterocycles. The van der Waals surface area contributed by atoms with Crippen molar-refractivity contribution in [1.82, 2.24) is 0 Å². The Kier molecular flexibility index (Phi) is 6.77. The normalized spacial score (nSPS) is 11.6. The Morgan fingerprint density at radius 2 is 1.81 bits per heavy atom. The number of aryl methyl sites for hydroxylation is 1. The molecule has 0 aliphatic carbocycles. The van der Waals surface area contributed by atoms with Gasteiger partial charge in [0, 0.05) is 6.54 Å². The molecule has 0 fully saturated rings. The van der Waals surface area contributed by atoms with Crippen molar-refractivity contribution in [2.75, 3.05) is 6.54 Å². The van der Waals surface area contributed by atoms with Crippen molar-refractivity contribution in [3.05, 3.63) is 35.4 Å². The van der Waals surface area contributed by atoms with Crippen LogP contribution in [0.5, 0.6) is 0 Å². The van der Waals surface area contributed by atoms with Gasteiger partial charge in [-0.2, -0.15) is 0 Å². The largest absolute Gasteiger partial charge is 0.481 e. The molecule has 1 atom stereocenters. The molecule has 4 heteroatoms. The van der Waals surface area contributed by atoms with Crippen LogP contribution in [0.3, 0.4) is 0 Å². The standard InChI is InChI=1S/C12H17NO2.ClH/c1-2-9-3-5-10(6-4-9)7-11(8-13)12(14)15;/h3-6,11H,2,7-8,13H2,1H3,(H,14,15);1H/t11-;/m1./s1. The third-order valence-electron chi connectivity index (χ3n) is 2.55. The molecule has 3 nitrogen and oxygen atoms in total. The van der Waals surface area contributed by atoms with Gasteiger partial charge in [-0.05, 0) is 24.0 Å². The number of halogens is 1. The molecule has 1 rings (SSSR count). The van der Waals surface area contributed by atoms with Crippen molar-refractivity contribution in [2.24, 2.45) is 11.7 Å². The van der Waals surface area contributed by atoms with Crippen molar-refractivity contribution in [3.63, 3.8) is 0 Å². The van der Waals surface area contributed by atoms with Gasteiger partial charge in [0.15, 0.2) is 0 Å². The van der Waals surface area contributed by atoms with E-state index in [1.54, 1.807) is 0 Å². The summed E-state index contributed by atoms with van der Waals surface area (Å²) >= 11 is 0. The lowest BCUT2D eigenvalue weighted by Crippen LogP contribution is -2.25. The van der Waals surface area contributed by atoms with Crippen LogP contribution in [-0.4, -0.2) is 17.6 Å². The zero-order valence-corrected chi connectivity index (χ0v) is 10.2. The summed E-state index contributed by atoms with van der Waals surface area (Å²) in [5.41, 5.74) is 7.69. The first-order chi connectivity index (χ1) is 7.17. The minimum absolute atomic E-state index is 0. The number of hydrogen-bond donors (Lipinski definition) is 2. The van der Waals surface area contributed by atoms with E-state index >= 15 is 0 Å². The Morgan fingerprint density at radius 3 is 2.19 bits per heavy atom. The monoisotopic (exact) mass is 243 g/mol. The van der Waals surface area contributed by atoms with E-state index in [9.17, 15) is 4.79 Å². The number of carboxylic acid groups (broad SMARTS) is 1. The lowest BCUT2D eigenvalue weighted by atomic mass is 9.98. The van der Waals surface area contributed by atoms with Crippen molar-refractivity contribution < 1.29 is 9.90 Å². The summed E-state index contributed by atoms with van der Waals surface area (Å²) in [6, 6.07) is 8.02. The van der Waals surface area contributed by atoms with E-state index in [0.29, 0.717) is 6.42 Å². The summed E-state index contributed by atoms with van der Waals surface area (Å²) in [6.45, 7) is 2.28. The first-order valence-electron chi connectivity index (χ1n) is 5.18. The number of aliphatic carboxylic acids is 1. The molecular formula is C12H18ClNO2. The summed E-state index contributed by atoms with van der Waals surface area (Å²) in [5.74, 6) is -1.30. The molecule has 0 heterocycles. The molecule has 0 unspecified atom stereocenters. The molecule has 0 spiro atoms. The Bertz CT molecular complexity index is 324. The predicted molar refractivity (Wildman–Crippen MR) is 67.0 cm³/mol. The highest BCUT2D eigenvalue weighted by atomic mass is 35.5. The zero-order valence-electron chi connectivity index (χ0n) is 9.35. The zero-order chi connectivity index (χ0) is 11.3. The van der Waals surface area contributed by atoms with Crippen molar-refractivity contribution in [2.45, 2.75) is 19.8 Å². The fourth-order valence-electron chi connectivity index (χ4n) is 1.47. The molecule has 0 saturated carbocycles. The second-order valence-electron chi connectivity index (χ2n) is 3.65. The van der Waals surface area contributed by atoms with Gasteiger partial charge in [0.05, 0.1) is 5.92 Å². The van der Waals surface area contributed by atoms with Crippen LogP contribution < -0.4 is 5.73 Å². The van der Waals surface area contributed by atoms with Gasteiger partial charge in [-0.15, -0.1) is 12.4 Å². The van der Waals surface area contributed by atoms with Gasteiger partial charge < -0.3 is 10.8 Å². The fraction of sp³-hybridized carbons (Fsp3) is 0.417. The van der Waals surface area contributed by atoms with E-state index in [1.807, 2.05) is 24.3 Å². The predicted octanol–water partition coefficient (Wildman–Crippen LogP) is 1.87. The molecule has 0 aliphatic rings. The molecule has 90 valence electrons. The maximum atomic E-state index is 10.8. The van der Waals surface area contributed by atoms with E-state index in [-0.39, 0.29) is 19.0 Å². The molecule has 1 aromatic carbocycles. The van der Waals surface area contributed by atoms with Crippen LogP contribution in [0.25, 0.3) is 0 Å². The summed E-state index contributed by atoms with van der Waals surface area (Å²) in [6.07, 6.45) is 1.51. The molecule has 3 N–H and O–H groups in total. The van der Waals surface area contributed by atoms with Crippen LogP contribution in [0, 0.1) is 5.92 Å². The quantitative estimate of drug-likeness (QED) is 0.830. The molecule has 0 amide bonds. The first-order valence-corrected chi connectivity index (χ1v) is 5.18. The highest BCUT2D eigenvalue weighted by Gasteiger charge is 2.15. The second kappa shape index (κ2) is 7.25. The van der Waals surface area contributed by atoms with Crippen LogP contribution in [0.4, 0.5) is 0 Å². The Balaban J connectivity index is 0.00000225. The average Bonchev–Trinajstić information content (AvgIpc) is 2.26. The summed E-state index contributed by atoms with van der Waals surface area (Å²) in [4.78, 5) is 10.8. The van der Waals surface area contributed by atoms with E-state index in [4.69, 9.17) is 10.8 Å². The Morgan fingerprint density at radius 1 is 1.31 bits per heavy atom. The van der Waals surface area contributed by atoms with E-state index in [0.717, 1.165) is 12.0 Å². The third kappa shape index (κ3) is 4.21. The van der Waals surface area contributed by atoms with Gasteiger partial charge >= 0.3 is 5.97 Å². The molecule has 16 heavy (non-hydrogen) atoms. The molecule has 0 radical (unpaired) electrons. The van der Waals surface area contributed by atoms with Crippen LogP contribution in [0.2, 0.25) is 0 Å². The highest BCUT2D eigenvalue weighted by molar-refractivity contribution is 5.85. The SMILES string of the molecule is CCc1ccc(C[C@H](CN)C(=O)O)cc1.Cl. The van der Waals surface area contributed by atoms with Crippen LogP contribution in [0.1, 0.15) is 18.1 Å². The van der Waals surface area contributed by atoms with Gasteiger partial charge in [0.25, 0.3) is 0 Å². The van der Waals surface area contributed by atoms with E-state index in [1.165, 1.54) is 5.56 Å². The Hall–Kier alpha value is -1.06. The maximum absolute atomic E-state index is 10.8. The molecule has 0 aliphatic heterocycles. The number of benzene rings is 1. The summed E-state index contributed by atoms with van der Waals surface area (Å²) in [7, 11) is 0. The average molecular weight is 244 g/mol. The minimum Gasteiger partial charge on any atom is -0.481 e. The fourth-order valence-corrected chi connectivity index (χ4v) is 1.47. The maximum Gasteiger partial charge on any atom is 0.308 e. The number of carbonyl (C=O) groups is 1. The van der Waals surface area contributed by atoms with E-state index in [2.05, 4.69) is 6.92 Å². The van der Waals surface area contributed by atoms with E-state index < -0.39 is 11.9 Å². The lowest BCUT2D eigenvalue weighted by Gasteiger charge is -2.09. The summed E-state index contributed by atoms with van der Waals surface area (Å²) in [5, 5.41) is 8.86. The van der Waals surface area contributed by atoms with Crippen molar-refractivity contribution in [3.8, 4) is 0 Å². The molecular weight excluding hydrogens is 226 g/mol. The number of hydrogen-bond acceptors (Lipinski definition) is 2. The van der Waals surface area contributed by atoms with Crippen LogP contribution >= 0.6 is 12.4 Å².